The number of hydrogen-bond acceptors (Lipinski definition) is 3. The zero-order valence-electron chi connectivity index (χ0n) is 12.2. The molecule has 1 aliphatic heterocycles. The predicted octanol–water partition coefficient (Wildman–Crippen LogP) is 1.59. The van der Waals surface area contributed by atoms with E-state index in [-0.39, 0.29) is 19.5 Å². The third kappa shape index (κ3) is 3.34. The summed E-state index contributed by atoms with van der Waals surface area (Å²) in [4.78, 5) is 12.1. The van der Waals surface area contributed by atoms with Gasteiger partial charge in [0.2, 0.25) is 5.91 Å². The molecule has 122 valence electrons. The molecule has 2 rings (SSSR count). The van der Waals surface area contributed by atoms with E-state index in [9.17, 15) is 23.1 Å². The van der Waals surface area contributed by atoms with Crippen LogP contribution in [0.4, 0.5) is 13.2 Å². The average molecular weight is 308 g/mol. The molecule has 2 fully saturated rings. The number of carbonyl (C=O) groups excluding carboxylic acids is 1. The summed E-state index contributed by atoms with van der Waals surface area (Å²) in [5.41, 5.74) is -3.43. The molecule has 3 unspecified atom stereocenters. The van der Waals surface area contributed by atoms with Crippen LogP contribution in [0, 0.1) is 11.3 Å². The first-order chi connectivity index (χ1) is 9.69. The maximum Gasteiger partial charge on any atom is 0.404 e. The number of aliphatic hydroxyl groups is 1. The van der Waals surface area contributed by atoms with Gasteiger partial charge in [-0.3, -0.25) is 4.79 Å². The van der Waals surface area contributed by atoms with Crippen LogP contribution < -0.4 is 10.6 Å². The Labute approximate surface area is 122 Å². The summed E-state index contributed by atoms with van der Waals surface area (Å²) in [6.07, 6.45) is -1.95. The summed E-state index contributed by atoms with van der Waals surface area (Å²) < 4.78 is 39.7. The van der Waals surface area contributed by atoms with Gasteiger partial charge in [0.15, 0.2) is 5.41 Å². The molecule has 0 bridgehead atoms. The van der Waals surface area contributed by atoms with Crippen LogP contribution in [0.3, 0.4) is 0 Å². The second kappa shape index (κ2) is 5.76. The Hall–Kier alpha value is -0.820. The minimum Gasteiger partial charge on any atom is -0.388 e. The highest BCUT2D eigenvalue weighted by Crippen LogP contribution is 2.43. The second-order valence-electron chi connectivity index (χ2n) is 6.62. The first kappa shape index (κ1) is 16.5. The van der Waals surface area contributed by atoms with Crippen molar-refractivity contribution in [2.75, 3.05) is 19.6 Å². The van der Waals surface area contributed by atoms with Gasteiger partial charge in [0.05, 0.1) is 5.60 Å². The lowest BCUT2D eigenvalue weighted by atomic mass is 9.78. The van der Waals surface area contributed by atoms with Gasteiger partial charge in [-0.25, -0.2) is 0 Å². The number of halogens is 3. The Bertz CT molecular complexity index is 394. The fourth-order valence-corrected chi connectivity index (χ4v) is 3.46. The molecular formula is C14H23F3N2O2. The lowest BCUT2D eigenvalue weighted by molar-refractivity contribution is -0.216. The van der Waals surface area contributed by atoms with Crippen LogP contribution in [0.15, 0.2) is 0 Å². The lowest BCUT2D eigenvalue weighted by Crippen LogP contribution is -2.55. The maximum atomic E-state index is 13.2. The third-order valence-electron chi connectivity index (χ3n) is 4.78. The van der Waals surface area contributed by atoms with Crippen LogP contribution in [0.5, 0.6) is 0 Å². The molecule has 3 N–H and O–H groups in total. The molecule has 1 amide bonds. The van der Waals surface area contributed by atoms with Crippen LogP contribution in [0.2, 0.25) is 0 Å². The van der Waals surface area contributed by atoms with Gasteiger partial charge < -0.3 is 15.7 Å². The molecule has 1 heterocycles. The third-order valence-corrected chi connectivity index (χ3v) is 4.78. The molecule has 21 heavy (non-hydrogen) atoms. The van der Waals surface area contributed by atoms with Crippen molar-refractivity contribution in [1.82, 2.24) is 10.6 Å². The number of hydrogen-bond donors (Lipinski definition) is 3. The van der Waals surface area contributed by atoms with Gasteiger partial charge >= 0.3 is 6.18 Å². The van der Waals surface area contributed by atoms with Gasteiger partial charge in [-0.15, -0.1) is 0 Å². The van der Waals surface area contributed by atoms with E-state index in [2.05, 4.69) is 10.6 Å². The van der Waals surface area contributed by atoms with Crippen LogP contribution in [-0.2, 0) is 4.79 Å². The Morgan fingerprint density at radius 1 is 1.43 bits per heavy atom. The van der Waals surface area contributed by atoms with Crippen molar-refractivity contribution in [3.05, 3.63) is 0 Å². The predicted molar refractivity (Wildman–Crippen MR) is 71.6 cm³/mol. The lowest BCUT2D eigenvalue weighted by Gasteiger charge is -2.37. The van der Waals surface area contributed by atoms with E-state index >= 15 is 0 Å². The van der Waals surface area contributed by atoms with E-state index in [1.54, 1.807) is 0 Å². The summed E-state index contributed by atoms with van der Waals surface area (Å²) in [5, 5.41) is 15.4. The topological polar surface area (TPSA) is 61.4 Å². The van der Waals surface area contributed by atoms with E-state index in [0.717, 1.165) is 12.8 Å². The Morgan fingerprint density at radius 2 is 2.14 bits per heavy atom. The monoisotopic (exact) mass is 308 g/mol. The van der Waals surface area contributed by atoms with E-state index in [1.807, 2.05) is 6.92 Å². The molecule has 2 aliphatic rings. The maximum absolute atomic E-state index is 13.2. The summed E-state index contributed by atoms with van der Waals surface area (Å²) in [6.45, 7) is 1.68. The van der Waals surface area contributed by atoms with Crippen LogP contribution in [-0.4, -0.2) is 42.4 Å². The summed E-state index contributed by atoms with van der Waals surface area (Å²) >= 11 is 0. The zero-order valence-corrected chi connectivity index (χ0v) is 12.2. The van der Waals surface area contributed by atoms with E-state index in [1.165, 1.54) is 0 Å². The van der Waals surface area contributed by atoms with Crippen molar-refractivity contribution in [3.8, 4) is 0 Å². The van der Waals surface area contributed by atoms with Crippen molar-refractivity contribution in [2.24, 2.45) is 11.3 Å². The fraction of sp³-hybridized carbons (Fsp3) is 0.929. The average Bonchev–Trinajstić information content (AvgIpc) is 2.86. The Balaban J connectivity index is 2.00. The standard InChI is InChI=1S/C14H23F3N2O2/c1-10-3-2-4-12(21,7-10)8-19-11(20)13(14(15,16)17)5-6-18-9-13/h10,18,21H,2-9H2,1H3,(H,19,20). The molecule has 1 aliphatic carbocycles. The molecule has 0 aromatic carbocycles. The van der Waals surface area contributed by atoms with Gasteiger partial charge in [0.25, 0.3) is 0 Å². The molecule has 0 aromatic heterocycles. The highest BCUT2D eigenvalue weighted by molar-refractivity contribution is 5.84. The van der Waals surface area contributed by atoms with Crippen molar-refractivity contribution in [1.29, 1.82) is 0 Å². The molecule has 4 nitrogen and oxygen atoms in total. The minimum atomic E-state index is -4.58. The number of amides is 1. The zero-order chi connectivity index (χ0) is 15.7. The summed E-state index contributed by atoms with van der Waals surface area (Å²) in [7, 11) is 0. The van der Waals surface area contributed by atoms with Crippen molar-refractivity contribution >= 4 is 5.91 Å². The van der Waals surface area contributed by atoms with Gasteiger partial charge in [-0.1, -0.05) is 19.8 Å². The van der Waals surface area contributed by atoms with E-state index in [4.69, 9.17) is 0 Å². The van der Waals surface area contributed by atoms with E-state index < -0.39 is 29.6 Å². The van der Waals surface area contributed by atoms with Crippen LogP contribution >= 0.6 is 0 Å². The molecule has 1 saturated heterocycles. The van der Waals surface area contributed by atoms with Crippen molar-refractivity contribution < 1.29 is 23.1 Å². The molecule has 7 heteroatoms. The van der Waals surface area contributed by atoms with E-state index in [0.29, 0.717) is 18.8 Å². The smallest absolute Gasteiger partial charge is 0.388 e. The Kier molecular flexibility index (Phi) is 4.54. The van der Waals surface area contributed by atoms with Crippen LogP contribution in [0.25, 0.3) is 0 Å². The highest BCUT2D eigenvalue weighted by atomic mass is 19.4. The first-order valence-electron chi connectivity index (χ1n) is 7.47. The normalized spacial score (nSPS) is 37.5. The van der Waals surface area contributed by atoms with Gasteiger partial charge in [0.1, 0.15) is 0 Å². The Morgan fingerprint density at radius 3 is 2.67 bits per heavy atom. The highest BCUT2D eigenvalue weighted by Gasteiger charge is 2.61. The summed E-state index contributed by atoms with van der Waals surface area (Å²) in [5.74, 6) is -0.697. The van der Waals surface area contributed by atoms with Crippen molar-refractivity contribution in [2.45, 2.75) is 50.8 Å². The van der Waals surface area contributed by atoms with Gasteiger partial charge in [-0.05, 0) is 31.7 Å². The number of rotatable bonds is 3. The summed E-state index contributed by atoms with van der Waals surface area (Å²) in [6, 6.07) is 0. The molecule has 3 atom stereocenters. The number of carbonyl (C=O) groups is 1. The van der Waals surface area contributed by atoms with Crippen molar-refractivity contribution in [3.63, 3.8) is 0 Å². The number of alkyl halides is 3. The largest absolute Gasteiger partial charge is 0.404 e. The first-order valence-corrected chi connectivity index (χ1v) is 7.47. The molecule has 1 saturated carbocycles. The molecule has 0 aromatic rings. The second-order valence-corrected chi connectivity index (χ2v) is 6.62. The number of nitrogens with one attached hydrogen (secondary N) is 2. The van der Waals surface area contributed by atoms with Gasteiger partial charge in [-0.2, -0.15) is 13.2 Å². The van der Waals surface area contributed by atoms with Gasteiger partial charge in [0, 0.05) is 13.1 Å². The molecular weight excluding hydrogens is 285 g/mol. The quantitative estimate of drug-likeness (QED) is 0.742. The SMILES string of the molecule is CC1CCCC(O)(CNC(=O)C2(C(F)(F)F)CCNC2)C1. The molecule has 0 radical (unpaired) electrons. The molecule has 0 spiro atoms. The fourth-order valence-electron chi connectivity index (χ4n) is 3.46. The van der Waals surface area contributed by atoms with Crippen LogP contribution in [0.1, 0.15) is 39.0 Å². The minimum absolute atomic E-state index is 0.103.